The third-order valence-corrected chi connectivity index (χ3v) is 6.76. The van der Waals surface area contributed by atoms with Gasteiger partial charge in [-0.3, -0.25) is 4.99 Å². The smallest absolute Gasteiger partial charge is 0.119 e. The van der Waals surface area contributed by atoms with Crippen molar-refractivity contribution in [1.82, 2.24) is 0 Å². The van der Waals surface area contributed by atoms with Crippen LogP contribution in [-0.2, 0) is 6.42 Å². The third kappa shape index (κ3) is 14.8. The molecule has 0 amide bonds. The SMILES string of the molecule is CCCCCCCCCCOc1ccc(C=Nc2ccc(CCCCCCCCCC)cc2)cc1. The molecule has 0 spiro atoms. The molecule has 2 nitrogen and oxygen atoms in total. The molecule has 0 saturated carbocycles. The zero-order valence-electron chi connectivity index (χ0n) is 22.8. The van der Waals surface area contributed by atoms with Gasteiger partial charge < -0.3 is 4.74 Å². The minimum Gasteiger partial charge on any atom is -0.494 e. The van der Waals surface area contributed by atoms with Crippen LogP contribution >= 0.6 is 0 Å². The highest BCUT2D eigenvalue weighted by Gasteiger charge is 1.98. The molecule has 2 aromatic carbocycles. The standard InChI is InChI=1S/C33H51NO/c1-3-5-7-9-11-13-15-17-19-30-20-24-32(25-21-30)34-29-31-22-26-33(27-23-31)35-28-18-16-14-12-10-8-6-4-2/h20-27,29H,3-19,28H2,1-2H3. The molecule has 2 aromatic rings. The molecular weight excluding hydrogens is 426 g/mol. The minimum absolute atomic E-state index is 0.813. The van der Waals surface area contributed by atoms with Crippen LogP contribution in [0.25, 0.3) is 0 Å². The van der Waals surface area contributed by atoms with Crippen molar-refractivity contribution in [3.63, 3.8) is 0 Å². The van der Waals surface area contributed by atoms with Crippen molar-refractivity contribution in [1.29, 1.82) is 0 Å². The Morgan fingerprint density at radius 2 is 1.09 bits per heavy atom. The van der Waals surface area contributed by atoms with Crippen molar-refractivity contribution in [3.05, 3.63) is 59.7 Å². The summed E-state index contributed by atoms with van der Waals surface area (Å²) in [6, 6.07) is 17.0. The number of unbranched alkanes of at least 4 members (excludes halogenated alkanes) is 14. The van der Waals surface area contributed by atoms with Gasteiger partial charge in [0.15, 0.2) is 0 Å². The molecular formula is C33H51NO. The van der Waals surface area contributed by atoms with Gasteiger partial charge >= 0.3 is 0 Å². The Kier molecular flexibility index (Phi) is 16.8. The Labute approximate surface area is 216 Å². The molecule has 0 saturated heterocycles. The second kappa shape index (κ2) is 20.1. The van der Waals surface area contributed by atoms with Crippen LogP contribution in [0.4, 0.5) is 5.69 Å². The molecule has 0 unspecified atom stereocenters. The summed E-state index contributed by atoms with van der Waals surface area (Å²) in [7, 11) is 0. The van der Waals surface area contributed by atoms with E-state index >= 15 is 0 Å². The molecule has 0 heterocycles. The Balaban J connectivity index is 1.58. The average molecular weight is 478 g/mol. The van der Waals surface area contributed by atoms with Crippen LogP contribution in [-0.4, -0.2) is 12.8 Å². The second-order valence-corrected chi connectivity index (χ2v) is 10.0. The van der Waals surface area contributed by atoms with Crippen molar-refractivity contribution < 1.29 is 4.74 Å². The maximum absolute atomic E-state index is 5.91. The first-order valence-corrected chi connectivity index (χ1v) is 14.7. The zero-order chi connectivity index (χ0) is 24.8. The number of ether oxygens (including phenoxy) is 1. The van der Waals surface area contributed by atoms with E-state index in [1.807, 2.05) is 6.21 Å². The topological polar surface area (TPSA) is 21.6 Å². The first-order valence-electron chi connectivity index (χ1n) is 14.7. The van der Waals surface area contributed by atoms with E-state index in [1.54, 1.807) is 0 Å². The second-order valence-electron chi connectivity index (χ2n) is 10.0. The summed E-state index contributed by atoms with van der Waals surface area (Å²) in [6.45, 7) is 5.37. The van der Waals surface area contributed by atoms with Crippen molar-refractivity contribution >= 4 is 11.9 Å². The molecule has 2 heteroatoms. The maximum Gasteiger partial charge on any atom is 0.119 e. The van der Waals surface area contributed by atoms with Gasteiger partial charge in [-0.25, -0.2) is 0 Å². The zero-order valence-corrected chi connectivity index (χ0v) is 22.8. The molecule has 0 atom stereocenters. The van der Waals surface area contributed by atoms with Crippen LogP contribution in [0, 0.1) is 0 Å². The number of rotatable bonds is 21. The molecule has 194 valence electrons. The molecule has 0 fully saturated rings. The molecule has 35 heavy (non-hydrogen) atoms. The fourth-order valence-corrected chi connectivity index (χ4v) is 4.44. The predicted octanol–water partition coefficient (Wildman–Crippen LogP) is 10.6. The number of hydrogen-bond donors (Lipinski definition) is 0. The van der Waals surface area contributed by atoms with Gasteiger partial charge in [-0.2, -0.15) is 0 Å². The van der Waals surface area contributed by atoms with Gasteiger partial charge in [-0.05, 0) is 66.8 Å². The largest absolute Gasteiger partial charge is 0.494 e. The lowest BCUT2D eigenvalue weighted by Gasteiger charge is -2.06. The molecule has 0 radical (unpaired) electrons. The summed E-state index contributed by atoms with van der Waals surface area (Å²) in [5, 5.41) is 0. The Bertz CT molecular complexity index is 763. The molecule has 0 bridgehead atoms. The van der Waals surface area contributed by atoms with E-state index in [-0.39, 0.29) is 0 Å². The highest BCUT2D eigenvalue weighted by Crippen LogP contribution is 2.17. The monoisotopic (exact) mass is 477 g/mol. The fraction of sp³-hybridized carbons (Fsp3) is 0.606. The van der Waals surface area contributed by atoms with Crippen LogP contribution < -0.4 is 4.74 Å². The summed E-state index contributed by atoms with van der Waals surface area (Å²) in [5.74, 6) is 0.954. The summed E-state index contributed by atoms with van der Waals surface area (Å²) in [5.41, 5.74) is 3.54. The quantitative estimate of drug-likeness (QED) is 0.129. The average Bonchev–Trinajstić information content (AvgIpc) is 2.89. The lowest BCUT2D eigenvalue weighted by atomic mass is 10.0. The summed E-state index contributed by atoms with van der Waals surface area (Å²) < 4.78 is 5.91. The molecule has 0 aromatic heterocycles. The Morgan fingerprint density at radius 1 is 0.571 bits per heavy atom. The molecule has 0 aliphatic rings. The van der Waals surface area contributed by atoms with Crippen molar-refractivity contribution in [3.8, 4) is 5.75 Å². The minimum atomic E-state index is 0.813. The third-order valence-electron chi connectivity index (χ3n) is 6.76. The lowest BCUT2D eigenvalue weighted by Crippen LogP contribution is -1.97. The number of aryl methyl sites for hydroxylation is 1. The lowest BCUT2D eigenvalue weighted by molar-refractivity contribution is 0.304. The number of benzene rings is 2. The molecule has 2 rings (SSSR count). The Morgan fingerprint density at radius 3 is 1.66 bits per heavy atom. The van der Waals surface area contributed by atoms with Crippen LogP contribution in [0.15, 0.2) is 53.5 Å². The molecule has 0 aliphatic heterocycles. The van der Waals surface area contributed by atoms with E-state index in [0.717, 1.165) is 30.0 Å². The normalized spacial score (nSPS) is 11.4. The van der Waals surface area contributed by atoms with Gasteiger partial charge in [0.25, 0.3) is 0 Å². The maximum atomic E-state index is 5.91. The van der Waals surface area contributed by atoms with E-state index in [4.69, 9.17) is 4.74 Å². The van der Waals surface area contributed by atoms with Crippen molar-refractivity contribution in [2.45, 2.75) is 123 Å². The first kappa shape index (κ1) is 29.1. The predicted molar refractivity (Wildman–Crippen MR) is 155 cm³/mol. The van der Waals surface area contributed by atoms with E-state index in [9.17, 15) is 0 Å². The van der Waals surface area contributed by atoms with Gasteiger partial charge in [0.05, 0.1) is 12.3 Å². The van der Waals surface area contributed by atoms with Crippen LogP contribution in [0.5, 0.6) is 5.75 Å². The summed E-state index contributed by atoms with van der Waals surface area (Å²) >= 11 is 0. The number of nitrogens with zero attached hydrogens (tertiary/aromatic N) is 1. The number of aliphatic imine (C=N–C) groups is 1. The van der Waals surface area contributed by atoms with Crippen molar-refractivity contribution in [2.24, 2.45) is 4.99 Å². The summed E-state index contributed by atoms with van der Waals surface area (Å²) in [6.07, 6.45) is 24.7. The van der Waals surface area contributed by atoms with Gasteiger partial charge in [-0.15, -0.1) is 0 Å². The molecule has 0 aliphatic carbocycles. The molecule has 0 N–H and O–H groups in total. The highest BCUT2D eigenvalue weighted by molar-refractivity contribution is 5.82. The van der Waals surface area contributed by atoms with Crippen LogP contribution in [0.2, 0.25) is 0 Å². The van der Waals surface area contributed by atoms with Crippen LogP contribution in [0.3, 0.4) is 0 Å². The van der Waals surface area contributed by atoms with Gasteiger partial charge in [0.1, 0.15) is 5.75 Å². The first-order chi connectivity index (χ1) is 17.3. The van der Waals surface area contributed by atoms with E-state index in [1.165, 1.54) is 108 Å². The van der Waals surface area contributed by atoms with Gasteiger partial charge in [0, 0.05) is 6.21 Å². The van der Waals surface area contributed by atoms with Gasteiger partial charge in [-0.1, -0.05) is 116 Å². The van der Waals surface area contributed by atoms with E-state index < -0.39 is 0 Å². The van der Waals surface area contributed by atoms with E-state index in [2.05, 4.69) is 67.4 Å². The van der Waals surface area contributed by atoms with Gasteiger partial charge in [0.2, 0.25) is 0 Å². The van der Waals surface area contributed by atoms with Crippen molar-refractivity contribution in [2.75, 3.05) is 6.61 Å². The summed E-state index contributed by atoms with van der Waals surface area (Å²) in [4.78, 5) is 4.65. The Hall–Kier alpha value is -2.09. The van der Waals surface area contributed by atoms with E-state index in [0.29, 0.717) is 0 Å². The van der Waals surface area contributed by atoms with Crippen LogP contribution in [0.1, 0.15) is 128 Å². The highest BCUT2D eigenvalue weighted by atomic mass is 16.5. The fourth-order valence-electron chi connectivity index (χ4n) is 4.44. The number of hydrogen-bond acceptors (Lipinski definition) is 2.